The molecule has 1 amide bonds. The normalized spacial score (nSPS) is 11.9. The van der Waals surface area contributed by atoms with Gasteiger partial charge in [-0.3, -0.25) is 14.9 Å². The van der Waals surface area contributed by atoms with Crippen molar-refractivity contribution in [3.05, 3.63) is 33.9 Å². The minimum atomic E-state index is -0.588. The minimum Gasteiger partial charge on any atom is -0.393 e. The number of nitro groups is 1. The zero-order chi connectivity index (χ0) is 14.4. The second-order valence-electron chi connectivity index (χ2n) is 4.40. The van der Waals surface area contributed by atoms with Crippen molar-refractivity contribution in [1.29, 1.82) is 0 Å². The maximum Gasteiger partial charge on any atom is 0.292 e. The molecule has 0 heterocycles. The van der Waals surface area contributed by atoms with Gasteiger partial charge in [0.1, 0.15) is 5.69 Å². The highest BCUT2D eigenvalue weighted by atomic mass is 16.6. The summed E-state index contributed by atoms with van der Waals surface area (Å²) < 4.78 is 0. The van der Waals surface area contributed by atoms with Gasteiger partial charge in [0.15, 0.2) is 0 Å². The Kier molecular flexibility index (Phi) is 5.29. The van der Waals surface area contributed by atoms with Crippen LogP contribution in [0, 0.1) is 10.1 Å². The van der Waals surface area contributed by atoms with Gasteiger partial charge in [0.2, 0.25) is 0 Å². The Morgan fingerprint density at radius 1 is 1.47 bits per heavy atom. The summed E-state index contributed by atoms with van der Waals surface area (Å²) in [4.78, 5) is 22.2. The van der Waals surface area contributed by atoms with Crippen molar-refractivity contribution in [2.75, 3.05) is 5.73 Å². The average Bonchev–Trinajstić information content (AvgIpc) is 2.38. The Morgan fingerprint density at radius 3 is 2.68 bits per heavy atom. The molecule has 0 aliphatic carbocycles. The molecule has 0 aliphatic rings. The van der Waals surface area contributed by atoms with Crippen LogP contribution in [0.4, 0.5) is 11.4 Å². The van der Waals surface area contributed by atoms with Crippen LogP contribution in [0.3, 0.4) is 0 Å². The predicted octanol–water partition coefficient (Wildman–Crippen LogP) is 2.49. The lowest BCUT2D eigenvalue weighted by Crippen LogP contribution is -2.34. The summed E-state index contributed by atoms with van der Waals surface area (Å²) in [5, 5.41) is 13.6. The number of carbonyl (C=O) groups excluding carboxylic acids is 1. The van der Waals surface area contributed by atoms with E-state index >= 15 is 0 Å². The number of anilines is 1. The SMILES string of the molecule is CCCC(CC)NC(=O)c1ccc(N)c([N+](=O)[O-])c1. The molecule has 0 aliphatic heterocycles. The lowest BCUT2D eigenvalue weighted by atomic mass is 10.1. The van der Waals surface area contributed by atoms with Gasteiger partial charge in [0.05, 0.1) is 4.92 Å². The van der Waals surface area contributed by atoms with Crippen LogP contribution in [-0.2, 0) is 0 Å². The molecule has 1 atom stereocenters. The third-order valence-corrected chi connectivity index (χ3v) is 2.95. The van der Waals surface area contributed by atoms with Crippen LogP contribution < -0.4 is 11.1 Å². The first-order valence-corrected chi connectivity index (χ1v) is 6.34. The number of nitrogen functional groups attached to an aromatic ring is 1. The number of amides is 1. The van der Waals surface area contributed by atoms with Gasteiger partial charge in [-0.2, -0.15) is 0 Å². The van der Waals surface area contributed by atoms with Gasteiger partial charge < -0.3 is 11.1 Å². The number of hydrogen-bond donors (Lipinski definition) is 2. The fourth-order valence-electron chi connectivity index (χ4n) is 1.84. The molecular formula is C13H19N3O3. The average molecular weight is 265 g/mol. The molecular weight excluding hydrogens is 246 g/mol. The number of hydrogen-bond acceptors (Lipinski definition) is 4. The molecule has 0 fully saturated rings. The molecule has 6 heteroatoms. The summed E-state index contributed by atoms with van der Waals surface area (Å²) in [6.07, 6.45) is 2.69. The molecule has 19 heavy (non-hydrogen) atoms. The summed E-state index contributed by atoms with van der Waals surface area (Å²) in [5.41, 5.74) is 5.57. The van der Waals surface area contributed by atoms with Crippen LogP contribution in [0.1, 0.15) is 43.5 Å². The monoisotopic (exact) mass is 265 g/mol. The van der Waals surface area contributed by atoms with E-state index in [0.29, 0.717) is 0 Å². The van der Waals surface area contributed by atoms with Crippen LogP contribution >= 0.6 is 0 Å². The summed E-state index contributed by atoms with van der Waals surface area (Å²) in [6.45, 7) is 4.04. The maximum absolute atomic E-state index is 12.0. The van der Waals surface area contributed by atoms with Crippen molar-refractivity contribution in [2.24, 2.45) is 0 Å². The molecule has 1 aromatic rings. The van der Waals surface area contributed by atoms with Crippen molar-refractivity contribution < 1.29 is 9.72 Å². The van der Waals surface area contributed by atoms with E-state index in [1.165, 1.54) is 18.2 Å². The van der Waals surface area contributed by atoms with Crippen molar-refractivity contribution in [2.45, 2.75) is 39.2 Å². The lowest BCUT2D eigenvalue weighted by molar-refractivity contribution is -0.383. The molecule has 3 N–H and O–H groups in total. The van der Waals surface area contributed by atoms with Crippen LogP contribution in [0.5, 0.6) is 0 Å². The molecule has 0 saturated heterocycles. The highest BCUT2D eigenvalue weighted by Crippen LogP contribution is 2.22. The third-order valence-electron chi connectivity index (χ3n) is 2.95. The van der Waals surface area contributed by atoms with Crippen molar-refractivity contribution in [3.8, 4) is 0 Å². The van der Waals surface area contributed by atoms with Gasteiger partial charge in [-0.1, -0.05) is 20.3 Å². The number of benzene rings is 1. The van der Waals surface area contributed by atoms with Crippen LogP contribution in [0.25, 0.3) is 0 Å². The molecule has 0 bridgehead atoms. The standard InChI is InChI=1S/C13H19N3O3/c1-3-5-10(4-2)15-13(17)9-6-7-11(14)12(8-9)16(18)19/h6-8,10H,3-5,14H2,1-2H3,(H,15,17). The fourth-order valence-corrected chi connectivity index (χ4v) is 1.84. The summed E-state index contributed by atoms with van der Waals surface area (Å²) in [6, 6.07) is 4.18. The summed E-state index contributed by atoms with van der Waals surface area (Å²) >= 11 is 0. The fraction of sp³-hybridized carbons (Fsp3) is 0.462. The zero-order valence-electron chi connectivity index (χ0n) is 11.2. The predicted molar refractivity (Wildman–Crippen MR) is 74.0 cm³/mol. The zero-order valence-corrected chi connectivity index (χ0v) is 11.2. The highest BCUT2D eigenvalue weighted by molar-refractivity contribution is 5.95. The van der Waals surface area contributed by atoms with Gasteiger partial charge in [-0.05, 0) is 25.0 Å². The van der Waals surface area contributed by atoms with Gasteiger partial charge in [0, 0.05) is 17.7 Å². The first-order valence-electron chi connectivity index (χ1n) is 6.34. The van der Waals surface area contributed by atoms with E-state index in [4.69, 9.17) is 5.73 Å². The first kappa shape index (κ1) is 14.9. The molecule has 0 saturated carbocycles. The number of nitrogens with two attached hydrogens (primary N) is 1. The summed E-state index contributed by atoms with van der Waals surface area (Å²) in [5.74, 6) is -0.302. The van der Waals surface area contributed by atoms with E-state index in [0.717, 1.165) is 19.3 Å². The minimum absolute atomic E-state index is 0.0575. The number of rotatable bonds is 6. The third kappa shape index (κ3) is 3.94. The van der Waals surface area contributed by atoms with E-state index in [1.54, 1.807) is 0 Å². The Morgan fingerprint density at radius 2 is 2.16 bits per heavy atom. The highest BCUT2D eigenvalue weighted by Gasteiger charge is 2.17. The van der Waals surface area contributed by atoms with Gasteiger partial charge >= 0.3 is 0 Å². The molecule has 1 rings (SSSR count). The van der Waals surface area contributed by atoms with E-state index in [2.05, 4.69) is 5.32 Å². The quantitative estimate of drug-likeness (QED) is 0.469. The smallest absolute Gasteiger partial charge is 0.292 e. The van der Waals surface area contributed by atoms with E-state index in [-0.39, 0.29) is 28.9 Å². The van der Waals surface area contributed by atoms with Crippen molar-refractivity contribution in [3.63, 3.8) is 0 Å². The Labute approximate surface area is 112 Å². The van der Waals surface area contributed by atoms with E-state index < -0.39 is 4.92 Å². The number of carbonyl (C=O) groups is 1. The number of nitrogens with one attached hydrogen (secondary N) is 1. The second-order valence-corrected chi connectivity index (χ2v) is 4.40. The number of nitro benzene ring substituents is 1. The van der Waals surface area contributed by atoms with Crippen LogP contribution in [-0.4, -0.2) is 16.9 Å². The van der Waals surface area contributed by atoms with Gasteiger partial charge in [0.25, 0.3) is 11.6 Å². The molecule has 0 radical (unpaired) electrons. The van der Waals surface area contributed by atoms with E-state index in [1.807, 2.05) is 13.8 Å². The van der Waals surface area contributed by atoms with Crippen molar-refractivity contribution in [1.82, 2.24) is 5.32 Å². The van der Waals surface area contributed by atoms with E-state index in [9.17, 15) is 14.9 Å². The lowest BCUT2D eigenvalue weighted by Gasteiger charge is -2.16. The second kappa shape index (κ2) is 6.72. The van der Waals surface area contributed by atoms with Crippen molar-refractivity contribution >= 4 is 17.3 Å². The molecule has 104 valence electrons. The molecule has 0 aromatic heterocycles. The first-order chi connectivity index (χ1) is 8.99. The van der Waals surface area contributed by atoms with Crippen LogP contribution in [0.15, 0.2) is 18.2 Å². The topological polar surface area (TPSA) is 98.3 Å². The molecule has 1 aromatic carbocycles. The Balaban J connectivity index is 2.88. The van der Waals surface area contributed by atoms with Gasteiger partial charge in [-0.25, -0.2) is 0 Å². The summed E-state index contributed by atoms with van der Waals surface area (Å²) in [7, 11) is 0. The molecule has 0 spiro atoms. The Hall–Kier alpha value is -2.11. The Bertz CT molecular complexity index is 474. The van der Waals surface area contributed by atoms with Crippen LogP contribution in [0.2, 0.25) is 0 Å². The largest absolute Gasteiger partial charge is 0.393 e. The molecule has 6 nitrogen and oxygen atoms in total. The number of nitrogens with zero attached hydrogens (tertiary/aromatic N) is 1. The van der Waals surface area contributed by atoms with Gasteiger partial charge in [-0.15, -0.1) is 0 Å². The maximum atomic E-state index is 12.0. The molecule has 1 unspecified atom stereocenters.